The third kappa shape index (κ3) is 15.1. The van der Waals surface area contributed by atoms with E-state index in [1.807, 2.05) is 0 Å². The Balaban J connectivity index is 0.930. The first kappa shape index (κ1) is 41.9. The highest BCUT2D eigenvalue weighted by Crippen LogP contribution is 2.35. The molecule has 8 nitrogen and oxygen atoms in total. The molecule has 5 rings (SSSR count). The van der Waals surface area contributed by atoms with Crippen molar-refractivity contribution in [2.24, 2.45) is 23.7 Å². The van der Waals surface area contributed by atoms with Gasteiger partial charge in [-0.15, -0.1) is 0 Å². The number of hydrogen-bond acceptors (Lipinski definition) is 8. The lowest BCUT2D eigenvalue weighted by atomic mass is 9.78. The number of rotatable bonds is 22. The molecule has 8 heteroatoms. The normalized spacial score (nSPS) is 24.4. The van der Waals surface area contributed by atoms with Crippen molar-refractivity contribution in [1.29, 1.82) is 0 Å². The topological polar surface area (TPSA) is 89.5 Å². The van der Waals surface area contributed by atoms with Gasteiger partial charge in [-0.1, -0.05) is 113 Å². The number of esters is 2. The Kier molecular flexibility index (Phi) is 18.3. The second-order valence-corrected chi connectivity index (χ2v) is 15.6. The summed E-state index contributed by atoms with van der Waals surface area (Å²) in [5.74, 6) is 2.46. The van der Waals surface area contributed by atoms with Crippen LogP contribution >= 0.6 is 0 Å². The molecule has 0 amide bonds. The van der Waals surface area contributed by atoms with E-state index in [9.17, 15) is 9.59 Å². The van der Waals surface area contributed by atoms with Gasteiger partial charge >= 0.3 is 11.9 Å². The van der Waals surface area contributed by atoms with Gasteiger partial charge < -0.3 is 28.4 Å². The summed E-state index contributed by atoms with van der Waals surface area (Å²) in [6.45, 7) is 9.75. The number of carbonyl (C=O) groups is 2. The zero-order chi connectivity index (χ0) is 37.8. The molecular weight excluding hydrogens is 680 g/mol. The smallest absolute Gasteiger partial charge is 0.330 e. The fourth-order valence-corrected chi connectivity index (χ4v) is 8.27. The highest BCUT2D eigenvalue weighted by Gasteiger charge is 2.29. The van der Waals surface area contributed by atoms with E-state index in [4.69, 9.17) is 28.4 Å². The van der Waals surface area contributed by atoms with Crippen molar-refractivity contribution in [2.75, 3.05) is 26.4 Å². The minimum atomic E-state index is -0.570. The monoisotopic (exact) mass is 744 g/mol. The molecule has 0 aromatic heterocycles. The molecule has 1 aliphatic heterocycles. The highest BCUT2D eigenvalue weighted by molar-refractivity contribution is 5.81. The molecule has 2 atom stereocenters. The van der Waals surface area contributed by atoms with Gasteiger partial charge in [-0.3, -0.25) is 0 Å². The fraction of sp³-hybridized carbons (Fsp3) is 0.609. The molecule has 2 saturated carbocycles. The van der Waals surface area contributed by atoms with E-state index in [2.05, 4.69) is 61.7 Å². The number of benzene rings is 2. The van der Waals surface area contributed by atoms with Crippen LogP contribution in [0.25, 0.3) is 0 Å². The van der Waals surface area contributed by atoms with Crippen molar-refractivity contribution in [3.8, 4) is 0 Å². The SMILES string of the molecule is C=CC(=O)OCCC[C@H]1CC[C@H](CCc2ccc(CO[C@H]3OCCO[C@@H]3OCc3ccc(CC[C@H]4CC[C@H](CCCOC(=O)C=C)CC4)cc3)cc2)CC1. The number of hydrogen-bond donors (Lipinski definition) is 0. The van der Waals surface area contributed by atoms with E-state index in [1.165, 1.54) is 87.5 Å². The Morgan fingerprint density at radius 3 is 1.22 bits per heavy atom. The van der Waals surface area contributed by atoms with Crippen LogP contribution in [0, 0.1) is 23.7 Å². The van der Waals surface area contributed by atoms with Crippen LogP contribution < -0.4 is 0 Å². The molecule has 0 unspecified atom stereocenters. The molecule has 0 spiro atoms. The van der Waals surface area contributed by atoms with Gasteiger partial charge in [0.05, 0.1) is 39.6 Å². The second-order valence-electron chi connectivity index (χ2n) is 15.6. The van der Waals surface area contributed by atoms with Gasteiger partial charge in [-0.05, 0) is 97.3 Å². The maximum Gasteiger partial charge on any atom is 0.330 e. The van der Waals surface area contributed by atoms with E-state index in [0.29, 0.717) is 39.6 Å². The van der Waals surface area contributed by atoms with Crippen LogP contribution in [0.15, 0.2) is 73.8 Å². The maximum atomic E-state index is 11.2. The third-order valence-electron chi connectivity index (χ3n) is 11.7. The molecule has 296 valence electrons. The van der Waals surface area contributed by atoms with E-state index in [1.54, 1.807) is 0 Å². The van der Waals surface area contributed by atoms with Crippen LogP contribution in [0.2, 0.25) is 0 Å². The van der Waals surface area contributed by atoms with E-state index in [-0.39, 0.29) is 11.9 Å². The van der Waals surface area contributed by atoms with Crippen molar-refractivity contribution in [1.82, 2.24) is 0 Å². The van der Waals surface area contributed by atoms with Crippen LogP contribution in [-0.2, 0) is 64.1 Å². The number of carbonyl (C=O) groups excluding carboxylic acids is 2. The molecule has 54 heavy (non-hydrogen) atoms. The quantitative estimate of drug-likeness (QED) is 0.0669. The van der Waals surface area contributed by atoms with E-state index >= 15 is 0 Å². The van der Waals surface area contributed by atoms with Crippen LogP contribution in [0.5, 0.6) is 0 Å². The standard InChI is InChI=1S/C46H64O8/c1-3-43(47)49-29-5-7-35-9-13-37(14-10-35)17-19-39-21-25-41(26-22-39)33-53-45-46(52-32-31-51-45)54-34-42-27-23-40(24-28-42)20-18-38-15-11-36(12-16-38)8-6-30-50-44(48)4-2/h3-4,21-28,35-38,45-46H,1-2,5-20,29-34H2/t35-,36-,37-,38-,45-,46-/m1/s1. The first-order chi connectivity index (χ1) is 26.5. The molecule has 3 fully saturated rings. The molecule has 0 radical (unpaired) electrons. The Labute approximate surface area is 324 Å². The van der Waals surface area contributed by atoms with Crippen molar-refractivity contribution in [2.45, 2.75) is 129 Å². The molecule has 2 aliphatic carbocycles. The van der Waals surface area contributed by atoms with Crippen LogP contribution in [-0.4, -0.2) is 50.9 Å². The minimum absolute atomic E-state index is 0.323. The van der Waals surface area contributed by atoms with Crippen LogP contribution in [0.1, 0.15) is 112 Å². The van der Waals surface area contributed by atoms with Crippen molar-refractivity contribution in [3.63, 3.8) is 0 Å². The minimum Gasteiger partial charge on any atom is -0.463 e. The van der Waals surface area contributed by atoms with Gasteiger partial charge in [0.15, 0.2) is 0 Å². The summed E-state index contributed by atoms with van der Waals surface area (Å²) < 4.78 is 34.4. The van der Waals surface area contributed by atoms with Gasteiger partial charge in [-0.25, -0.2) is 9.59 Å². The summed E-state index contributed by atoms with van der Waals surface area (Å²) in [5.41, 5.74) is 4.96. The van der Waals surface area contributed by atoms with Gasteiger partial charge in [0.1, 0.15) is 0 Å². The summed E-state index contributed by atoms with van der Waals surface area (Å²) in [6.07, 6.45) is 20.5. The summed E-state index contributed by atoms with van der Waals surface area (Å²) in [7, 11) is 0. The fourth-order valence-electron chi connectivity index (χ4n) is 8.27. The molecule has 1 saturated heterocycles. The average Bonchev–Trinajstić information content (AvgIpc) is 3.22. The predicted molar refractivity (Wildman–Crippen MR) is 210 cm³/mol. The van der Waals surface area contributed by atoms with Gasteiger partial charge in [-0.2, -0.15) is 0 Å². The first-order valence-corrected chi connectivity index (χ1v) is 20.7. The molecular formula is C46H64O8. The van der Waals surface area contributed by atoms with Crippen LogP contribution in [0.3, 0.4) is 0 Å². The molecule has 1 heterocycles. The molecule has 0 N–H and O–H groups in total. The number of ether oxygens (including phenoxy) is 6. The summed E-state index contributed by atoms with van der Waals surface area (Å²) >= 11 is 0. The van der Waals surface area contributed by atoms with Crippen molar-refractivity contribution >= 4 is 11.9 Å². The third-order valence-corrected chi connectivity index (χ3v) is 11.7. The maximum absolute atomic E-state index is 11.2. The Hall–Kier alpha value is -3.30. The lowest BCUT2D eigenvalue weighted by Gasteiger charge is -2.31. The van der Waals surface area contributed by atoms with Crippen molar-refractivity contribution < 1.29 is 38.0 Å². The van der Waals surface area contributed by atoms with Crippen molar-refractivity contribution in [3.05, 3.63) is 96.1 Å². The summed E-state index contributed by atoms with van der Waals surface area (Å²) in [6, 6.07) is 17.5. The van der Waals surface area contributed by atoms with Gasteiger partial charge in [0.25, 0.3) is 0 Å². The Morgan fingerprint density at radius 2 is 0.870 bits per heavy atom. The lowest BCUT2D eigenvalue weighted by molar-refractivity contribution is -0.326. The second kappa shape index (κ2) is 23.6. The zero-order valence-electron chi connectivity index (χ0n) is 32.5. The molecule has 2 aromatic rings. The van der Waals surface area contributed by atoms with Crippen LogP contribution in [0.4, 0.5) is 0 Å². The molecule has 2 aromatic carbocycles. The Morgan fingerprint density at radius 1 is 0.537 bits per heavy atom. The summed E-state index contributed by atoms with van der Waals surface area (Å²) in [5, 5.41) is 0. The van der Waals surface area contributed by atoms with E-state index in [0.717, 1.165) is 73.3 Å². The molecule has 3 aliphatic rings. The average molecular weight is 745 g/mol. The van der Waals surface area contributed by atoms with E-state index < -0.39 is 12.6 Å². The zero-order valence-corrected chi connectivity index (χ0v) is 32.5. The number of aryl methyl sites for hydroxylation is 2. The van der Waals surface area contributed by atoms with Gasteiger partial charge in [0, 0.05) is 12.2 Å². The largest absolute Gasteiger partial charge is 0.463 e. The molecule has 0 bridgehead atoms. The lowest BCUT2D eigenvalue weighted by Crippen LogP contribution is -2.41. The Bertz CT molecular complexity index is 1280. The first-order valence-electron chi connectivity index (χ1n) is 20.7. The predicted octanol–water partition coefficient (Wildman–Crippen LogP) is 9.62. The van der Waals surface area contributed by atoms with Gasteiger partial charge in [0.2, 0.25) is 12.6 Å². The summed E-state index contributed by atoms with van der Waals surface area (Å²) in [4.78, 5) is 22.4. The highest BCUT2D eigenvalue weighted by atomic mass is 16.8.